The van der Waals surface area contributed by atoms with Gasteiger partial charge in [-0.2, -0.15) is 0 Å². The Morgan fingerprint density at radius 3 is 2.71 bits per heavy atom. The number of nitrogens with two attached hydrogens (primary N) is 1. The molecular weight excluding hydrogens is 214 g/mol. The van der Waals surface area contributed by atoms with Gasteiger partial charge < -0.3 is 10.5 Å². The summed E-state index contributed by atoms with van der Waals surface area (Å²) in [7, 11) is 1.29. The summed E-state index contributed by atoms with van der Waals surface area (Å²) in [6.07, 6.45) is -2.71. The smallest absolute Gasteiger partial charge is 0.270 e. The first kappa shape index (κ1) is 11.0. The number of nitrogens with zero attached hydrogens (tertiary/aromatic N) is 1. The van der Waals surface area contributed by atoms with Gasteiger partial charge in [0, 0.05) is 6.07 Å². The van der Waals surface area contributed by atoms with Crippen molar-refractivity contribution in [3.63, 3.8) is 0 Å². The zero-order valence-electron chi connectivity index (χ0n) is 7.43. The molecule has 2 N–H and O–H groups in total. The molecule has 1 heterocycles. The Kier molecular flexibility index (Phi) is 3.46. The molecule has 0 bridgehead atoms. The molecule has 0 aromatic carbocycles. The van der Waals surface area contributed by atoms with Crippen LogP contribution < -0.4 is 10.5 Å². The van der Waals surface area contributed by atoms with Gasteiger partial charge in [0.15, 0.2) is 0 Å². The summed E-state index contributed by atoms with van der Waals surface area (Å²) in [4.78, 5) is 3.71. The zero-order valence-corrected chi connectivity index (χ0v) is 8.18. The number of halogens is 3. The van der Waals surface area contributed by atoms with Crippen LogP contribution in [0, 0.1) is 0 Å². The highest BCUT2D eigenvalue weighted by atomic mass is 35.5. The average molecular weight is 223 g/mol. The highest BCUT2D eigenvalue weighted by Gasteiger charge is 2.19. The fourth-order valence-corrected chi connectivity index (χ4v) is 1.20. The summed E-state index contributed by atoms with van der Waals surface area (Å²) < 4.78 is 29.7. The van der Waals surface area contributed by atoms with E-state index in [1.807, 2.05) is 0 Å². The van der Waals surface area contributed by atoms with Crippen molar-refractivity contribution in [1.29, 1.82) is 0 Å². The Balaban J connectivity index is 3.27. The van der Waals surface area contributed by atoms with Gasteiger partial charge in [-0.1, -0.05) is 0 Å². The molecule has 0 atom stereocenters. The van der Waals surface area contributed by atoms with Gasteiger partial charge in [-0.05, 0) is 0 Å². The summed E-state index contributed by atoms with van der Waals surface area (Å²) in [5, 5.41) is 0. The predicted octanol–water partition coefficient (Wildman–Crippen LogP) is 2.35. The minimum atomic E-state index is -2.71. The van der Waals surface area contributed by atoms with Gasteiger partial charge in [0.05, 0.1) is 18.7 Å². The molecule has 0 radical (unpaired) electrons. The largest absolute Gasteiger partial charge is 0.496 e. The first-order chi connectivity index (χ1) is 6.60. The maximum atomic E-state index is 12.5. The van der Waals surface area contributed by atoms with E-state index < -0.39 is 6.43 Å². The van der Waals surface area contributed by atoms with Gasteiger partial charge in [-0.15, -0.1) is 11.6 Å². The van der Waals surface area contributed by atoms with Gasteiger partial charge >= 0.3 is 0 Å². The predicted molar refractivity (Wildman–Crippen MR) is 49.7 cm³/mol. The van der Waals surface area contributed by atoms with Crippen molar-refractivity contribution >= 4 is 17.4 Å². The van der Waals surface area contributed by atoms with Gasteiger partial charge in [0.25, 0.3) is 6.43 Å². The highest BCUT2D eigenvalue weighted by Crippen LogP contribution is 2.33. The molecule has 3 nitrogen and oxygen atoms in total. The van der Waals surface area contributed by atoms with E-state index in [4.69, 9.17) is 22.1 Å². The van der Waals surface area contributed by atoms with E-state index in [0.717, 1.165) is 0 Å². The summed E-state index contributed by atoms with van der Waals surface area (Å²) in [5.41, 5.74) is 5.36. The Hall–Kier alpha value is -1.10. The van der Waals surface area contributed by atoms with Crippen LogP contribution in [0.1, 0.15) is 17.7 Å². The monoisotopic (exact) mass is 222 g/mol. The number of hydrogen-bond acceptors (Lipinski definition) is 3. The molecule has 1 aromatic rings. The number of ether oxygens (including phenoxy) is 1. The number of nitrogen functional groups attached to an aromatic ring is 1. The van der Waals surface area contributed by atoms with Crippen LogP contribution in [0.5, 0.6) is 5.75 Å². The molecule has 0 amide bonds. The molecule has 14 heavy (non-hydrogen) atoms. The lowest BCUT2D eigenvalue weighted by molar-refractivity contribution is 0.147. The maximum Gasteiger partial charge on any atom is 0.270 e. The molecule has 0 aliphatic rings. The van der Waals surface area contributed by atoms with Crippen molar-refractivity contribution in [3.8, 4) is 5.75 Å². The van der Waals surface area contributed by atoms with Crippen molar-refractivity contribution in [2.24, 2.45) is 0 Å². The Bertz CT molecular complexity index is 333. The number of anilines is 1. The Morgan fingerprint density at radius 2 is 2.29 bits per heavy atom. The SMILES string of the molecule is COc1cc(CCl)nc(N)c1C(F)F. The summed E-state index contributed by atoms with van der Waals surface area (Å²) >= 11 is 5.50. The number of rotatable bonds is 3. The number of pyridine rings is 1. The van der Waals surface area contributed by atoms with E-state index in [2.05, 4.69) is 4.98 Å². The third-order valence-electron chi connectivity index (χ3n) is 1.68. The molecule has 0 aliphatic carbocycles. The Morgan fingerprint density at radius 1 is 1.64 bits per heavy atom. The standard InChI is InChI=1S/C8H9ClF2N2O/c1-14-5-2-4(3-9)13-8(12)6(5)7(10)11/h2,7H,3H2,1H3,(H2,12,13). The molecule has 0 fully saturated rings. The second-order valence-electron chi connectivity index (χ2n) is 2.55. The molecule has 1 aromatic heterocycles. The molecular formula is C8H9ClF2N2O. The lowest BCUT2D eigenvalue weighted by atomic mass is 10.2. The number of methoxy groups -OCH3 is 1. The normalized spacial score (nSPS) is 10.6. The van der Waals surface area contributed by atoms with E-state index in [1.54, 1.807) is 0 Å². The molecule has 0 spiro atoms. The highest BCUT2D eigenvalue weighted by molar-refractivity contribution is 6.16. The van der Waals surface area contributed by atoms with Crippen molar-refractivity contribution in [2.45, 2.75) is 12.3 Å². The van der Waals surface area contributed by atoms with Crippen LogP contribution in [-0.2, 0) is 5.88 Å². The fourth-order valence-electron chi connectivity index (χ4n) is 1.06. The number of aromatic nitrogens is 1. The van der Waals surface area contributed by atoms with E-state index in [0.29, 0.717) is 5.69 Å². The second-order valence-corrected chi connectivity index (χ2v) is 2.82. The van der Waals surface area contributed by atoms with E-state index >= 15 is 0 Å². The van der Waals surface area contributed by atoms with Gasteiger partial charge in [0.2, 0.25) is 0 Å². The lowest BCUT2D eigenvalue weighted by Crippen LogP contribution is -2.03. The first-order valence-electron chi connectivity index (χ1n) is 3.77. The van der Waals surface area contributed by atoms with E-state index in [-0.39, 0.29) is 23.0 Å². The molecule has 0 saturated heterocycles. The second kappa shape index (κ2) is 4.41. The van der Waals surface area contributed by atoms with Crippen LogP contribution >= 0.6 is 11.6 Å². The molecule has 6 heteroatoms. The Labute approximate surface area is 84.8 Å². The van der Waals surface area contributed by atoms with E-state index in [1.165, 1.54) is 13.2 Å². The third-order valence-corrected chi connectivity index (χ3v) is 1.95. The number of hydrogen-bond donors (Lipinski definition) is 1. The van der Waals surface area contributed by atoms with E-state index in [9.17, 15) is 8.78 Å². The van der Waals surface area contributed by atoms with Crippen LogP contribution in [-0.4, -0.2) is 12.1 Å². The molecule has 0 aliphatic heterocycles. The van der Waals surface area contributed by atoms with Crippen LogP contribution in [0.2, 0.25) is 0 Å². The summed E-state index contributed by atoms with van der Waals surface area (Å²) in [5.74, 6) is -0.123. The minimum Gasteiger partial charge on any atom is -0.496 e. The topological polar surface area (TPSA) is 48.1 Å². The van der Waals surface area contributed by atoms with Crippen LogP contribution in [0.15, 0.2) is 6.07 Å². The quantitative estimate of drug-likeness (QED) is 0.799. The van der Waals surface area contributed by atoms with Crippen LogP contribution in [0.4, 0.5) is 14.6 Å². The zero-order chi connectivity index (χ0) is 10.7. The van der Waals surface area contributed by atoms with Crippen molar-refractivity contribution in [3.05, 3.63) is 17.3 Å². The van der Waals surface area contributed by atoms with Crippen molar-refractivity contribution in [1.82, 2.24) is 4.98 Å². The molecule has 78 valence electrons. The molecule has 1 rings (SSSR count). The van der Waals surface area contributed by atoms with Crippen molar-refractivity contribution in [2.75, 3.05) is 12.8 Å². The summed E-state index contributed by atoms with van der Waals surface area (Å²) in [6.45, 7) is 0. The summed E-state index contributed by atoms with van der Waals surface area (Å²) in [6, 6.07) is 1.35. The van der Waals surface area contributed by atoms with Crippen LogP contribution in [0.3, 0.4) is 0 Å². The number of alkyl halides is 3. The fraction of sp³-hybridized carbons (Fsp3) is 0.375. The van der Waals surface area contributed by atoms with Crippen LogP contribution in [0.25, 0.3) is 0 Å². The molecule has 0 unspecified atom stereocenters. The van der Waals surface area contributed by atoms with Gasteiger partial charge in [-0.25, -0.2) is 13.8 Å². The maximum absolute atomic E-state index is 12.5. The lowest BCUT2D eigenvalue weighted by Gasteiger charge is -2.10. The van der Waals surface area contributed by atoms with Gasteiger partial charge in [-0.3, -0.25) is 0 Å². The van der Waals surface area contributed by atoms with Crippen molar-refractivity contribution < 1.29 is 13.5 Å². The van der Waals surface area contributed by atoms with Gasteiger partial charge in [0.1, 0.15) is 17.1 Å². The third kappa shape index (κ3) is 2.04. The molecule has 0 saturated carbocycles. The average Bonchev–Trinajstić information content (AvgIpc) is 2.15. The minimum absolute atomic E-state index is 0.0168. The first-order valence-corrected chi connectivity index (χ1v) is 4.31.